The topological polar surface area (TPSA) is 85.7 Å². The number of carbonyl (C=O) groups excluding carboxylic acids is 2. The van der Waals surface area contributed by atoms with Crippen molar-refractivity contribution in [3.63, 3.8) is 0 Å². The van der Waals surface area contributed by atoms with Crippen molar-refractivity contribution in [3.8, 4) is 17.3 Å². The second-order valence-electron chi connectivity index (χ2n) is 9.82. The molecule has 8 nitrogen and oxygen atoms in total. The molecule has 204 valence electrons. The average molecular weight is 581 g/mol. The van der Waals surface area contributed by atoms with E-state index in [1.165, 1.54) is 37.3 Å². The van der Waals surface area contributed by atoms with Gasteiger partial charge >= 0.3 is 0 Å². The minimum absolute atomic E-state index is 0.114. The summed E-state index contributed by atoms with van der Waals surface area (Å²) >= 11 is 12.5. The molecule has 1 spiro atoms. The number of amides is 2. The summed E-state index contributed by atoms with van der Waals surface area (Å²) in [5, 5.41) is 3.50. The molecule has 1 atom stereocenters. The summed E-state index contributed by atoms with van der Waals surface area (Å²) in [4.78, 5) is 34.1. The summed E-state index contributed by atoms with van der Waals surface area (Å²) in [6.45, 7) is 3.90. The number of aromatic nitrogens is 2. The summed E-state index contributed by atoms with van der Waals surface area (Å²) in [5.41, 5.74) is 0.898. The maximum atomic E-state index is 15.5. The first-order valence-corrected chi connectivity index (χ1v) is 13.1. The van der Waals surface area contributed by atoms with E-state index in [9.17, 15) is 9.59 Å². The van der Waals surface area contributed by atoms with E-state index in [1.807, 2.05) is 13.8 Å². The van der Waals surface area contributed by atoms with Crippen molar-refractivity contribution in [2.75, 3.05) is 24.4 Å². The summed E-state index contributed by atoms with van der Waals surface area (Å²) in [5.74, 6) is -1.18. The lowest BCUT2D eigenvalue weighted by Crippen LogP contribution is -2.51. The van der Waals surface area contributed by atoms with Crippen molar-refractivity contribution in [2.24, 2.45) is 0 Å². The van der Waals surface area contributed by atoms with Gasteiger partial charge in [-0.1, -0.05) is 43.1 Å². The molecule has 1 unspecified atom stereocenters. The number of pyridine rings is 1. The van der Waals surface area contributed by atoms with Crippen molar-refractivity contribution in [2.45, 2.75) is 25.3 Å². The number of nitrogens with one attached hydrogen (secondary N) is 1. The highest BCUT2D eigenvalue weighted by atomic mass is 35.5. The largest absolute Gasteiger partial charge is 0.494 e. The predicted molar refractivity (Wildman–Crippen MR) is 150 cm³/mol. The standard InChI is InChI=1S/C29H23Cl2FN4O4/c1-14(2)26-25-17(13-35(26)22-12-33-24(40-4)11-23(22)39-3)27(37)36(21-10-16(31)6-8-19(21)32)29(25)18-7-5-15(30)9-20(18)34-28(29)38/h5-14H,1-4H3,(H,34,38). The van der Waals surface area contributed by atoms with Crippen LogP contribution in [0.2, 0.25) is 10.0 Å². The zero-order valence-corrected chi connectivity index (χ0v) is 23.4. The maximum Gasteiger partial charge on any atom is 0.261 e. The fraction of sp³-hybridized carbons (Fsp3) is 0.207. The fourth-order valence-electron chi connectivity index (χ4n) is 5.77. The maximum absolute atomic E-state index is 15.5. The minimum atomic E-state index is -1.74. The van der Waals surface area contributed by atoms with Gasteiger partial charge in [-0.15, -0.1) is 0 Å². The van der Waals surface area contributed by atoms with Crippen molar-refractivity contribution in [1.82, 2.24) is 9.55 Å². The molecule has 11 heteroatoms. The molecule has 2 aromatic heterocycles. The molecule has 0 saturated carbocycles. The Balaban J connectivity index is 1.73. The molecule has 0 bridgehead atoms. The highest BCUT2D eigenvalue weighted by Crippen LogP contribution is 2.56. The van der Waals surface area contributed by atoms with E-state index in [2.05, 4.69) is 10.3 Å². The quantitative estimate of drug-likeness (QED) is 0.299. The molecule has 2 aromatic carbocycles. The van der Waals surface area contributed by atoms with Crippen LogP contribution in [0.25, 0.3) is 5.69 Å². The first-order valence-electron chi connectivity index (χ1n) is 12.4. The third-order valence-electron chi connectivity index (χ3n) is 7.33. The lowest BCUT2D eigenvalue weighted by molar-refractivity contribution is -0.119. The second-order valence-corrected chi connectivity index (χ2v) is 10.7. The van der Waals surface area contributed by atoms with Crippen molar-refractivity contribution < 1.29 is 23.5 Å². The van der Waals surface area contributed by atoms with Crippen LogP contribution in [0.5, 0.6) is 11.6 Å². The Labute approximate surface area is 239 Å². The molecular weight excluding hydrogens is 558 g/mol. The third kappa shape index (κ3) is 3.47. The molecule has 2 aliphatic heterocycles. The number of hydrogen-bond donors (Lipinski definition) is 1. The van der Waals surface area contributed by atoms with Gasteiger partial charge in [-0.2, -0.15) is 0 Å². The molecule has 4 heterocycles. The average Bonchev–Trinajstić information content (AvgIpc) is 3.53. The van der Waals surface area contributed by atoms with E-state index in [4.69, 9.17) is 32.7 Å². The van der Waals surface area contributed by atoms with Gasteiger partial charge in [-0.25, -0.2) is 9.37 Å². The summed E-state index contributed by atoms with van der Waals surface area (Å²) in [7, 11) is 3.02. The number of anilines is 2. The van der Waals surface area contributed by atoms with Crippen LogP contribution in [0.3, 0.4) is 0 Å². The zero-order valence-electron chi connectivity index (χ0n) is 21.9. The molecule has 4 aromatic rings. The first-order chi connectivity index (χ1) is 19.1. The van der Waals surface area contributed by atoms with Crippen molar-refractivity contribution >= 4 is 46.4 Å². The van der Waals surface area contributed by atoms with Crippen LogP contribution in [-0.4, -0.2) is 35.6 Å². The zero-order chi connectivity index (χ0) is 28.5. The molecule has 0 saturated heterocycles. The van der Waals surface area contributed by atoms with E-state index < -0.39 is 23.2 Å². The Kier molecular flexibility index (Phi) is 6.05. The SMILES string of the molecule is COc1cc(OC)c(-n2cc3c(c2C(C)C)C2(C(=O)Nc4cc(Cl)ccc42)N(c2cc(Cl)ccc2F)C3=O)cn1. The van der Waals surface area contributed by atoms with Gasteiger partial charge in [0.05, 0.1) is 31.7 Å². The van der Waals surface area contributed by atoms with Gasteiger partial charge in [0.1, 0.15) is 17.3 Å². The lowest BCUT2D eigenvalue weighted by atomic mass is 9.81. The Morgan fingerprint density at radius 3 is 2.42 bits per heavy atom. The number of methoxy groups -OCH3 is 2. The molecule has 0 aliphatic carbocycles. The lowest BCUT2D eigenvalue weighted by Gasteiger charge is -2.36. The van der Waals surface area contributed by atoms with E-state index in [0.29, 0.717) is 44.8 Å². The monoisotopic (exact) mass is 580 g/mol. The van der Waals surface area contributed by atoms with Crippen LogP contribution in [0.4, 0.5) is 15.8 Å². The number of benzene rings is 2. The van der Waals surface area contributed by atoms with Crippen LogP contribution in [-0.2, 0) is 10.3 Å². The predicted octanol–water partition coefficient (Wildman–Crippen LogP) is 6.31. The van der Waals surface area contributed by atoms with Gasteiger partial charge in [0, 0.05) is 44.8 Å². The summed E-state index contributed by atoms with van der Waals surface area (Å²) in [6.07, 6.45) is 3.22. The van der Waals surface area contributed by atoms with Gasteiger partial charge < -0.3 is 19.4 Å². The van der Waals surface area contributed by atoms with Gasteiger partial charge in [0.25, 0.3) is 11.8 Å². The van der Waals surface area contributed by atoms with Crippen LogP contribution < -0.4 is 19.7 Å². The minimum Gasteiger partial charge on any atom is -0.494 e. The highest BCUT2D eigenvalue weighted by molar-refractivity contribution is 6.32. The van der Waals surface area contributed by atoms with E-state index in [0.717, 1.165) is 0 Å². The van der Waals surface area contributed by atoms with E-state index in [1.54, 1.807) is 41.2 Å². The van der Waals surface area contributed by atoms with Crippen molar-refractivity contribution in [1.29, 1.82) is 0 Å². The van der Waals surface area contributed by atoms with E-state index >= 15 is 4.39 Å². The van der Waals surface area contributed by atoms with Crippen LogP contribution >= 0.6 is 23.2 Å². The molecule has 0 fully saturated rings. The Morgan fingerprint density at radius 2 is 1.73 bits per heavy atom. The van der Waals surface area contributed by atoms with Crippen LogP contribution in [0.15, 0.2) is 54.9 Å². The number of rotatable bonds is 5. The van der Waals surface area contributed by atoms with Crippen LogP contribution in [0, 0.1) is 5.82 Å². The highest BCUT2D eigenvalue weighted by Gasteiger charge is 2.63. The summed E-state index contributed by atoms with van der Waals surface area (Å²) < 4.78 is 28.1. The second kappa shape index (κ2) is 9.25. The summed E-state index contributed by atoms with van der Waals surface area (Å²) in [6, 6.07) is 10.5. The molecule has 40 heavy (non-hydrogen) atoms. The Morgan fingerprint density at radius 1 is 1.00 bits per heavy atom. The van der Waals surface area contributed by atoms with Gasteiger partial charge in [0.15, 0.2) is 5.54 Å². The number of carbonyl (C=O) groups is 2. The molecule has 2 amide bonds. The number of halogens is 3. The van der Waals surface area contributed by atoms with Crippen LogP contribution in [0.1, 0.15) is 46.9 Å². The molecular formula is C29H23Cl2FN4O4. The number of nitrogens with zero attached hydrogens (tertiary/aromatic N) is 3. The number of hydrogen-bond acceptors (Lipinski definition) is 5. The fourth-order valence-corrected chi connectivity index (χ4v) is 6.11. The molecule has 2 aliphatic rings. The smallest absolute Gasteiger partial charge is 0.261 e. The molecule has 6 rings (SSSR count). The first kappa shape index (κ1) is 26.2. The third-order valence-corrected chi connectivity index (χ3v) is 7.80. The number of fused-ring (bicyclic) bond motifs is 4. The van der Waals surface area contributed by atoms with Gasteiger partial charge in [-0.05, 0) is 36.2 Å². The van der Waals surface area contributed by atoms with Crippen molar-refractivity contribution in [3.05, 3.63) is 93.1 Å². The van der Waals surface area contributed by atoms with Gasteiger partial charge in [-0.3, -0.25) is 14.5 Å². The molecule has 1 N–H and O–H groups in total. The Hall–Kier alpha value is -4.08. The number of ether oxygens (including phenoxy) is 2. The van der Waals surface area contributed by atoms with Gasteiger partial charge in [0.2, 0.25) is 5.88 Å². The Bertz CT molecular complexity index is 1740. The normalized spacial score (nSPS) is 17.4. The molecule has 0 radical (unpaired) electrons. The van der Waals surface area contributed by atoms with E-state index in [-0.39, 0.29) is 22.2 Å².